The molecule has 0 radical (unpaired) electrons. The van der Waals surface area contributed by atoms with E-state index in [1.54, 1.807) is 26.8 Å². The van der Waals surface area contributed by atoms with E-state index in [-0.39, 0.29) is 15.7 Å². The summed E-state index contributed by atoms with van der Waals surface area (Å²) in [6.45, 7) is 6.92. The van der Waals surface area contributed by atoms with Crippen LogP contribution in [0.2, 0.25) is 0 Å². The van der Waals surface area contributed by atoms with E-state index < -0.39 is 20.0 Å². The maximum Gasteiger partial charge on any atom is 0.264 e. The summed E-state index contributed by atoms with van der Waals surface area (Å²) in [7, 11) is -7.57. The van der Waals surface area contributed by atoms with Crippen LogP contribution in [0.5, 0.6) is 0 Å². The van der Waals surface area contributed by atoms with Crippen molar-refractivity contribution in [3.8, 4) is 10.7 Å². The highest BCUT2D eigenvalue weighted by molar-refractivity contribution is 7.93. The Hall–Kier alpha value is -2.02. The van der Waals surface area contributed by atoms with Gasteiger partial charge in [0.25, 0.3) is 10.0 Å². The SMILES string of the molecule is Cc1ccc(-c2nsc(NS(=O)(=O)c3c(C)cc(C)c(NS(C)(=O)=O)c3C)n2)s1. The maximum absolute atomic E-state index is 13.1. The first-order valence-corrected chi connectivity index (χ1v) is 13.4. The molecular formula is C17H20N4O4S4. The van der Waals surface area contributed by atoms with Gasteiger partial charge in [-0.15, -0.1) is 11.3 Å². The molecule has 3 rings (SSSR count). The molecule has 0 atom stereocenters. The minimum atomic E-state index is -4.01. The fourth-order valence-electron chi connectivity index (χ4n) is 3.01. The summed E-state index contributed by atoms with van der Waals surface area (Å²) in [4.78, 5) is 6.25. The molecule has 0 bridgehead atoms. The van der Waals surface area contributed by atoms with Crippen LogP contribution in [-0.2, 0) is 20.0 Å². The van der Waals surface area contributed by atoms with E-state index in [1.165, 1.54) is 11.3 Å². The van der Waals surface area contributed by atoms with Gasteiger partial charge in [-0.2, -0.15) is 9.36 Å². The first-order valence-electron chi connectivity index (χ1n) is 8.39. The van der Waals surface area contributed by atoms with Gasteiger partial charge < -0.3 is 0 Å². The summed E-state index contributed by atoms with van der Waals surface area (Å²) < 4.78 is 58.6. The normalized spacial score (nSPS) is 12.2. The smallest absolute Gasteiger partial charge is 0.264 e. The molecule has 2 heterocycles. The highest BCUT2D eigenvalue weighted by Crippen LogP contribution is 2.33. The fourth-order valence-corrected chi connectivity index (χ4v) is 6.84. The number of anilines is 2. The van der Waals surface area contributed by atoms with E-state index in [0.29, 0.717) is 22.5 Å². The molecule has 0 aliphatic heterocycles. The molecular weight excluding hydrogens is 452 g/mol. The van der Waals surface area contributed by atoms with Crippen molar-refractivity contribution in [3.63, 3.8) is 0 Å². The van der Waals surface area contributed by atoms with Gasteiger partial charge in [0.2, 0.25) is 15.2 Å². The highest BCUT2D eigenvalue weighted by Gasteiger charge is 2.25. The summed E-state index contributed by atoms with van der Waals surface area (Å²) in [5.41, 5.74) is 1.71. The number of benzene rings is 1. The zero-order chi connectivity index (χ0) is 21.6. The second-order valence-corrected chi connectivity index (χ2v) is 12.1. The first kappa shape index (κ1) is 21.7. The molecule has 3 aromatic rings. The van der Waals surface area contributed by atoms with E-state index in [0.717, 1.165) is 27.5 Å². The largest absolute Gasteiger partial charge is 0.283 e. The Balaban J connectivity index is 2.00. The third kappa shape index (κ3) is 4.77. The lowest BCUT2D eigenvalue weighted by Crippen LogP contribution is -2.18. The average Bonchev–Trinajstić information content (AvgIpc) is 3.18. The van der Waals surface area contributed by atoms with E-state index in [2.05, 4.69) is 18.8 Å². The van der Waals surface area contributed by atoms with Crippen LogP contribution in [0.4, 0.5) is 10.8 Å². The molecule has 0 aliphatic carbocycles. The Labute approximate surface area is 178 Å². The number of hydrogen-bond donors (Lipinski definition) is 2. The van der Waals surface area contributed by atoms with Crippen molar-refractivity contribution in [2.24, 2.45) is 0 Å². The lowest BCUT2D eigenvalue weighted by Gasteiger charge is -2.18. The first-order chi connectivity index (χ1) is 13.4. The Kier molecular flexibility index (Phi) is 5.73. The molecule has 0 spiro atoms. The molecule has 12 heteroatoms. The van der Waals surface area contributed by atoms with Gasteiger partial charge in [0.05, 0.1) is 21.7 Å². The second-order valence-electron chi connectivity index (χ2n) is 6.65. The standard InChI is InChI=1S/C17H20N4O4S4/c1-9-8-10(2)15(12(4)14(9)20-28(5,22)23)29(24,25)21-17-18-16(19-27-17)13-7-6-11(3)26-13/h6-8,20H,1-5H3,(H,18,19,21). The Morgan fingerprint density at radius 1 is 0.966 bits per heavy atom. The topological polar surface area (TPSA) is 118 Å². The molecule has 29 heavy (non-hydrogen) atoms. The Bertz CT molecular complexity index is 1290. The zero-order valence-corrected chi connectivity index (χ0v) is 19.7. The fraction of sp³-hybridized carbons (Fsp3) is 0.294. The maximum atomic E-state index is 13.1. The molecule has 0 unspecified atom stereocenters. The number of aromatic nitrogens is 2. The Morgan fingerprint density at radius 3 is 2.24 bits per heavy atom. The summed E-state index contributed by atoms with van der Waals surface area (Å²) in [5, 5.41) is 0.142. The average molecular weight is 473 g/mol. The monoisotopic (exact) mass is 472 g/mol. The minimum Gasteiger partial charge on any atom is -0.283 e. The van der Waals surface area contributed by atoms with Crippen LogP contribution < -0.4 is 9.44 Å². The number of sulfonamides is 2. The quantitative estimate of drug-likeness (QED) is 0.565. The molecule has 1 aromatic carbocycles. The van der Waals surface area contributed by atoms with Gasteiger partial charge in [-0.05, 0) is 56.5 Å². The number of thiophene rings is 1. The molecule has 0 saturated heterocycles. The van der Waals surface area contributed by atoms with Crippen LogP contribution >= 0.6 is 22.9 Å². The van der Waals surface area contributed by atoms with Gasteiger partial charge in [-0.3, -0.25) is 9.44 Å². The van der Waals surface area contributed by atoms with Crippen molar-refractivity contribution in [3.05, 3.63) is 39.8 Å². The molecule has 2 aromatic heterocycles. The van der Waals surface area contributed by atoms with Crippen molar-refractivity contribution in [2.45, 2.75) is 32.6 Å². The van der Waals surface area contributed by atoms with E-state index in [1.807, 2.05) is 19.1 Å². The van der Waals surface area contributed by atoms with Crippen molar-refractivity contribution in [1.82, 2.24) is 9.36 Å². The molecule has 2 N–H and O–H groups in total. The number of nitrogens with zero attached hydrogens (tertiary/aromatic N) is 2. The van der Waals surface area contributed by atoms with Gasteiger partial charge in [0.15, 0.2) is 5.82 Å². The lowest BCUT2D eigenvalue weighted by atomic mass is 10.1. The number of aryl methyl sites for hydroxylation is 3. The predicted molar refractivity (Wildman–Crippen MR) is 118 cm³/mol. The number of hydrogen-bond acceptors (Lipinski definition) is 8. The van der Waals surface area contributed by atoms with Gasteiger partial charge >= 0.3 is 0 Å². The van der Waals surface area contributed by atoms with E-state index in [9.17, 15) is 16.8 Å². The Morgan fingerprint density at radius 2 is 1.66 bits per heavy atom. The summed E-state index contributed by atoms with van der Waals surface area (Å²) in [6, 6.07) is 5.47. The van der Waals surface area contributed by atoms with Crippen LogP contribution in [0.1, 0.15) is 21.6 Å². The van der Waals surface area contributed by atoms with Crippen molar-refractivity contribution in [2.75, 3.05) is 15.7 Å². The van der Waals surface area contributed by atoms with Crippen molar-refractivity contribution < 1.29 is 16.8 Å². The molecule has 8 nitrogen and oxygen atoms in total. The lowest BCUT2D eigenvalue weighted by molar-refractivity contribution is 0.599. The molecule has 0 fully saturated rings. The van der Waals surface area contributed by atoms with Crippen molar-refractivity contribution in [1.29, 1.82) is 0 Å². The number of rotatable bonds is 6. The zero-order valence-electron chi connectivity index (χ0n) is 16.4. The van der Waals surface area contributed by atoms with Crippen LogP contribution in [0.15, 0.2) is 23.1 Å². The van der Waals surface area contributed by atoms with Gasteiger partial charge in [-0.1, -0.05) is 6.07 Å². The van der Waals surface area contributed by atoms with Gasteiger partial charge in [-0.25, -0.2) is 16.8 Å². The number of nitrogens with one attached hydrogen (secondary N) is 2. The summed E-state index contributed by atoms with van der Waals surface area (Å²) in [5.74, 6) is 0.461. The minimum absolute atomic E-state index is 0.0120. The van der Waals surface area contributed by atoms with Crippen molar-refractivity contribution >= 4 is 53.7 Å². The van der Waals surface area contributed by atoms with Crippen LogP contribution in [-0.4, -0.2) is 32.4 Å². The third-order valence-corrected chi connectivity index (χ3v) is 8.02. The molecule has 156 valence electrons. The van der Waals surface area contributed by atoms with E-state index >= 15 is 0 Å². The molecule has 0 aliphatic rings. The van der Waals surface area contributed by atoms with E-state index in [4.69, 9.17) is 0 Å². The van der Waals surface area contributed by atoms with Gasteiger partial charge in [0, 0.05) is 16.4 Å². The molecule has 0 amide bonds. The van der Waals surface area contributed by atoms with Crippen LogP contribution in [0, 0.1) is 27.7 Å². The second kappa shape index (κ2) is 7.67. The summed E-state index contributed by atoms with van der Waals surface area (Å²) >= 11 is 2.47. The van der Waals surface area contributed by atoms with Crippen LogP contribution in [0.3, 0.4) is 0 Å². The van der Waals surface area contributed by atoms with Crippen LogP contribution in [0.25, 0.3) is 10.7 Å². The molecule has 0 saturated carbocycles. The van der Waals surface area contributed by atoms with Gasteiger partial charge in [0.1, 0.15) is 0 Å². The predicted octanol–water partition coefficient (Wildman–Crippen LogP) is 3.67. The third-order valence-electron chi connectivity index (χ3n) is 4.07. The summed E-state index contributed by atoms with van der Waals surface area (Å²) in [6.07, 6.45) is 1.02. The highest BCUT2D eigenvalue weighted by atomic mass is 32.2.